The van der Waals surface area contributed by atoms with Crippen LogP contribution < -0.4 is 14.8 Å². The van der Waals surface area contributed by atoms with Crippen molar-refractivity contribution in [2.75, 3.05) is 12.4 Å². The zero-order valence-corrected chi connectivity index (χ0v) is 14.6. The molecule has 1 aromatic heterocycles. The molecule has 0 fully saturated rings. The minimum Gasteiger partial charge on any atom is -0.497 e. The molecule has 3 aromatic rings. The van der Waals surface area contributed by atoms with E-state index < -0.39 is 6.10 Å². The van der Waals surface area contributed by atoms with E-state index in [2.05, 4.69) is 10.3 Å². The Morgan fingerprint density at radius 1 is 1.16 bits per heavy atom. The van der Waals surface area contributed by atoms with Crippen LogP contribution in [0, 0.1) is 0 Å². The lowest BCUT2D eigenvalue weighted by molar-refractivity contribution is -0.122. The van der Waals surface area contributed by atoms with Gasteiger partial charge in [-0.15, -0.1) is 0 Å². The molecule has 0 aliphatic heterocycles. The van der Waals surface area contributed by atoms with Gasteiger partial charge in [-0.2, -0.15) is 0 Å². The maximum absolute atomic E-state index is 12.3. The Kier molecular flexibility index (Phi) is 5.05. The van der Waals surface area contributed by atoms with Crippen molar-refractivity contribution in [3.05, 3.63) is 59.8 Å². The van der Waals surface area contributed by atoms with Gasteiger partial charge in [0.05, 0.1) is 24.5 Å². The highest BCUT2D eigenvalue weighted by Crippen LogP contribution is 2.22. The van der Waals surface area contributed by atoms with Gasteiger partial charge in [0.1, 0.15) is 11.5 Å². The predicted molar refractivity (Wildman–Crippen MR) is 98.5 cm³/mol. The Morgan fingerprint density at radius 3 is 2.76 bits per heavy atom. The van der Waals surface area contributed by atoms with Gasteiger partial charge in [-0.3, -0.25) is 9.78 Å². The molecule has 6 heteroatoms. The Hall–Kier alpha value is -2.79. The number of anilines is 1. The third-order valence-corrected chi connectivity index (χ3v) is 3.87. The average molecular weight is 357 g/mol. The maximum atomic E-state index is 12.3. The summed E-state index contributed by atoms with van der Waals surface area (Å²) in [7, 11) is 1.61. The first-order chi connectivity index (χ1) is 12.0. The fourth-order valence-electron chi connectivity index (χ4n) is 2.34. The van der Waals surface area contributed by atoms with Crippen LogP contribution >= 0.6 is 11.6 Å². The van der Waals surface area contributed by atoms with E-state index in [0.29, 0.717) is 16.5 Å². The van der Waals surface area contributed by atoms with E-state index in [4.69, 9.17) is 21.1 Å². The summed E-state index contributed by atoms with van der Waals surface area (Å²) in [6, 6.07) is 14.4. The van der Waals surface area contributed by atoms with Crippen LogP contribution in [0.1, 0.15) is 6.92 Å². The molecule has 1 atom stereocenters. The van der Waals surface area contributed by atoms with E-state index in [0.717, 1.165) is 16.7 Å². The van der Waals surface area contributed by atoms with Crippen LogP contribution in [0.3, 0.4) is 0 Å². The zero-order chi connectivity index (χ0) is 17.8. The summed E-state index contributed by atoms with van der Waals surface area (Å²) in [5.74, 6) is 1.01. The van der Waals surface area contributed by atoms with E-state index >= 15 is 0 Å². The first-order valence-corrected chi connectivity index (χ1v) is 8.10. The van der Waals surface area contributed by atoms with Gasteiger partial charge in [0.15, 0.2) is 6.10 Å². The molecule has 5 nitrogen and oxygen atoms in total. The minimum atomic E-state index is -0.676. The fraction of sp³-hybridized carbons (Fsp3) is 0.158. The van der Waals surface area contributed by atoms with E-state index in [-0.39, 0.29) is 5.91 Å². The number of aromatic nitrogens is 1. The summed E-state index contributed by atoms with van der Waals surface area (Å²) in [6.07, 6.45) is 0.927. The molecule has 0 saturated carbocycles. The van der Waals surface area contributed by atoms with Crippen LogP contribution in [-0.4, -0.2) is 24.1 Å². The molecule has 0 bridgehead atoms. The highest BCUT2D eigenvalue weighted by molar-refractivity contribution is 6.30. The number of benzene rings is 2. The van der Waals surface area contributed by atoms with Crippen molar-refractivity contribution < 1.29 is 14.3 Å². The number of nitrogens with one attached hydrogen (secondary N) is 1. The van der Waals surface area contributed by atoms with Crippen LogP contribution in [0.25, 0.3) is 10.9 Å². The molecule has 0 aliphatic rings. The molecule has 3 rings (SSSR count). The molecule has 1 unspecified atom stereocenters. The summed E-state index contributed by atoms with van der Waals surface area (Å²) < 4.78 is 10.8. The number of carbonyl (C=O) groups is 1. The maximum Gasteiger partial charge on any atom is 0.265 e. The zero-order valence-electron chi connectivity index (χ0n) is 13.8. The molecule has 1 heterocycles. The Balaban J connectivity index is 1.70. The second kappa shape index (κ2) is 7.40. The number of hydrogen-bond donors (Lipinski definition) is 1. The number of ether oxygens (including phenoxy) is 2. The molecule has 0 saturated heterocycles. The van der Waals surface area contributed by atoms with E-state index in [1.807, 2.05) is 24.3 Å². The van der Waals surface area contributed by atoms with Gasteiger partial charge in [0.2, 0.25) is 0 Å². The first-order valence-electron chi connectivity index (χ1n) is 7.72. The molecular weight excluding hydrogens is 340 g/mol. The van der Waals surface area contributed by atoms with Crippen LogP contribution in [0.2, 0.25) is 5.02 Å². The van der Waals surface area contributed by atoms with Crippen molar-refractivity contribution in [1.29, 1.82) is 0 Å². The van der Waals surface area contributed by atoms with Gasteiger partial charge < -0.3 is 14.8 Å². The summed E-state index contributed by atoms with van der Waals surface area (Å²) in [6.45, 7) is 1.68. The molecule has 2 aromatic carbocycles. The van der Waals surface area contributed by atoms with Crippen molar-refractivity contribution in [2.45, 2.75) is 13.0 Å². The van der Waals surface area contributed by atoms with Gasteiger partial charge in [-0.1, -0.05) is 17.7 Å². The number of fused-ring (bicyclic) bond motifs is 1. The number of carbonyl (C=O) groups excluding carboxylic acids is 1. The van der Waals surface area contributed by atoms with Crippen molar-refractivity contribution in [3.63, 3.8) is 0 Å². The molecule has 25 heavy (non-hydrogen) atoms. The number of nitrogens with zero attached hydrogens (tertiary/aromatic N) is 1. The largest absolute Gasteiger partial charge is 0.497 e. The first kappa shape index (κ1) is 17.0. The Labute approximate surface area is 150 Å². The molecular formula is C19H17ClN2O3. The third kappa shape index (κ3) is 4.19. The lowest BCUT2D eigenvalue weighted by atomic mass is 10.2. The van der Waals surface area contributed by atoms with Crippen LogP contribution in [0.4, 0.5) is 5.69 Å². The quantitative estimate of drug-likeness (QED) is 0.740. The van der Waals surface area contributed by atoms with Gasteiger partial charge >= 0.3 is 0 Å². The van der Waals surface area contributed by atoms with Crippen molar-refractivity contribution in [2.24, 2.45) is 0 Å². The molecule has 1 N–H and O–H groups in total. The highest BCUT2D eigenvalue weighted by Gasteiger charge is 2.15. The van der Waals surface area contributed by atoms with Crippen molar-refractivity contribution in [1.82, 2.24) is 4.98 Å². The molecule has 128 valence electrons. The normalized spacial score (nSPS) is 11.8. The van der Waals surface area contributed by atoms with E-state index in [1.165, 1.54) is 0 Å². The Morgan fingerprint density at radius 2 is 2.00 bits per heavy atom. The van der Waals surface area contributed by atoms with Gasteiger partial charge in [0.25, 0.3) is 5.91 Å². The highest BCUT2D eigenvalue weighted by atomic mass is 35.5. The second-order valence-electron chi connectivity index (χ2n) is 5.49. The number of hydrogen-bond acceptors (Lipinski definition) is 4. The lowest BCUT2D eigenvalue weighted by Crippen LogP contribution is -2.30. The standard InChI is InChI=1S/C19H17ClN2O3/c1-12(25-17-5-3-4-14(20)9-17)19(23)22-15-8-13-6-7-16(24-2)10-18(13)21-11-15/h3-12H,1-2H3,(H,22,23). The lowest BCUT2D eigenvalue weighted by Gasteiger charge is -2.15. The van der Waals surface area contributed by atoms with Gasteiger partial charge in [-0.25, -0.2) is 0 Å². The van der Waals surface area contributed by atoms with Crippen molar-refractivity contribution in [3.8, 4) is 11.5 Å². The van der Waals surface area contributed by atoms with Crippen molar-refractivity contribution >= 4 is 34.1 Å². The Bertz CT molecular complexity index is 914. The SMILES string of the molecule is COc1ccc2cc(NC(=O)C(C)Oc3cccc(Cl)c3)cnc2c1. The summed E-state index contributed by atoms with van der Waals surface area (Å²) in [5.41, 5.74) is 1.39. The topological polar surface area (TPSA) is 60.5 Å². The number of halogens is 1. The molecule has 0 spiro atoms. The number of methoxy groups -OCH3 is 1. The number of pyridine rings is 1. The smallest absolute Gasteiger partial charge is 0.265 e. The molecule has 0 aliphatic carbocycles. The van der Waals surface area contributed by atoms with E-state index in [9.17, 15) is 4.79 Å². The molecule has 1 amide bonds. The van der Waals surface area contributed by atoms with Gasteiger partial charge in [-0.05, 0) is 43.3 Å². The monoisotopic (exact) mass is 356 g/mol. The summed E-state index contributed by atoms with van der Waals surface area (Å²) in [5, 5.41) is 4.27. The van der Waals surface area contributed by atoms with Crippen LogP contribution in [-0.2, 0) is 4.79 Å². The average Bonchev–Trinajstić information content (AvgIpc) is 2.61. The number of amides is 1. The van der Waals surface area contributed by atoms with Gasteiger partial charge in [0, 0.05) is 16.5 Å². The summed E-state index contributed by atoms with van der Waals surface area (Å²) >= 11 is 5.92. The van der Waals surface area contributed by atoms with E-state index in [1.54, 1.807) is 44.5 Å². The summed E-state index contributed by atoms with van der Waals surface area (Å²) in [4.78, 5) is 16.7. The number of rotatable bonds is 5. The molecule has 0 radical (unpaired) electrons. The third-order valence-electron chi connectivity index (χ3n) is 3.64. The van der Waals surface area contributed by atoms with Crippen LogP contribution in [0.5, 0.6) is 11.5 Å². The minimum absolute atomic E-state index is 0.269. The second-order valence-corrected chi connectivity index (χ2v) is 5.93. The van der Waals surface area contributed by atoms with Crippen LogP contribution in [0.15, 0.2) is 54.7 Å². The predicted octanol–water partition coefficient (Wildman–Crippen LogP) is 4.30. The fourth-order valence-corrected chi connectivity index (χ4v) is 2.52.